The van der Waals surface area contributed by atoms with Crippen LogP contribution in [0.4, 0.5) is 0 Å². The summed E-state index contributed by atoms with van der Waals surface area (Å²) in [6, 6.07) is 10.2. The van der Waals surface area contributed by atoms with E-state index in [1.54, 1.807) is 12.2 Å². The maximum atomic E-state index is 11.5. The summed E-state index contributed by atoms with van der Waals surface area (Å²) < 4.78 is 0. The third-order valence-electron chi connectivity index (χ3n) is 3.29. The van der Waals surface area contributed by atoms with Crippen LogP contribution in [-0.2, 0) is 4.79 Å². The van der Waals surface area contributed by atoms with Crippen molar-refractivity contribution in [3.8, 4) is 0 Å². The van der Waals surface area contributed by atoms with Gasteiger partial charge in [0.05, 0.1) is 0 Å². The molecule has 0 atom stereocenters. The molecule has 0 spiro atoms. The van der Waals surface area contributed by atoms with Gasteiger partial charge in [-0.15, -0.1) is 0 Å². The van der Waals surface area contributed by atoms with E-state index < -0.39 is 0 Å². The van der Waals surface area contributed by atoms with Crippen molar-refractivity contribution in [1.82, 2.24) is 0 Å². The fraction of sp³-hybridized carbons (Fsp3) is 0.278. The zero-order chi connectivity index (χ0) is 13.5. The molecule has 0 radical (unpaired) electrons. The van der Waals surface area contributed by atoms with Crippen molar-refractivity contribution in [1.29, 1.82) is 0 Å². The van der Waals surface area contributed by atoms with Crippen LogP contribution in [0.5, 0.6) is 0 Å². The van der Waals surface area contributed by atoms with Crippen molar-refractivity contribution in [2.75, 3.05) is 0 Å². The van der Waals surface area contributed by atoms with Crippen LogP contribution >= 0.6 is 0 Å². The van der Waals surface area contributed by atoms with Crippen molar-refractivity contribution in [3.63, 3.8) is 0 Å². The Kier molecular flexibility index (Phi) is 4.91. The number of benzene rings is 1. The molecule has 2 rings (SSSR count). The van der Waals surface area contributed by atoms with E-state index in [4.69, 9.17) is 0 Å². The molecule has 0 saturated heterocycles. The fourth-order valence-electron chi connectivity index (χ4n) is 2.23. The molecule has 1 aromatic rings. The summed E-state index contributed by atoms with van der Waals surface area (Å²) in [4.78, 5) is 11.5. The van der Waals surface area contributed by atoms with Crippen LogP contribution in [0.1, 0.15) is 38.2 Å². The lowest BCUT2D eigenvalue weighted by molar-refractivity contribution is -0.110. The molecule has 0 saturated carbocycles. The Morgan fingerprint density at radius 3 is 2.58 bits per heavy atom. The Morgan fingerprint density at radius 2 is 1.84 bits per heavy atom. The number of unbranched alkanes of at least 4 members (excludes halogenated alkanes) is 2. The van der Waals surface area contributed by atoms with Gasteiger partial charge in [-0.1, -0.05) is 56.2 Å². The molecule has 0 heterocycles. The maximum Gasteiger partial charge on any atom is 0.178 e. The number of ketones is 1. The summed E-state index contributed by atoms with van der Waals surface area (Å²) in [5, 5.41) is 0. The molecule has 1 heteroatoms. The minimum absolute atomic E-state index is 0.108. The summed E-state index contributed by atoms with van der Waals surface area (Å²) >= 11 is 0. The standard InChI is InChI=1S/C18H20O/c1-2-3-5-10-16-14-18(19)12-11-17(16)13-15-8-6-4-7-9-15/h4,6-9,11-14H,2-3,5,10H2,1H3. The summed E-state index contributed by atoms with van der Waals surface area (Å²) in [5.74, 6) is 0.108. The minimum atomic E-state index is 0.108. The second kappa shape index (κ2) is 6.89. The molecule has 0 aliphatic heterocycles. The Labute approximate surface area is 115 Å². The Balaban J connectivity index is 2.17. The smallest absolute Gasteiger partial charge is 0.178 e. The van der Waals surface area contributed by atoms with Gasteiger partial charge in [0.25, 0.3) is 0 Å². The average Bonchev–Trinajstić information content (AvgIpc) is 2.43. The third kappa shape index (κ3) is 4.06. The molecule has 1 aliphatic rings. The van der Waals surface area contributed by atoms with Gasteiger partial charge in [0.2, 0.25) is 0 Å². The van der Waals surface area contributed by atoms with Crippen molar-refractivity contribution in [2.24, 2.45) is 0 Å². The highest BCUT2D eigenvalue weighted by Gasteiger charge is 2.09. The van der Waals surface area contributed by atoms with E-state index in [9.17, 15) is 4.79 Å². The van der Waals surface area contributed by atoms with Gasteiger partial charge in [0.1, 0.15) is 0 Å². The van der Waals surface area contributed by atoms with Crippen LogP contribution < -0.4 is 0 Å². The number of hydrogen-bond acceptors (Lipinski definition) is 1. The van der Waals surface area contributed by atoms with Crippen LogP contribution in [0.2, 0.25) is 0 Å². The summed E-state index contributed by atoms with van der Waals surface area (Å²) in [7, 11) is 0. The SMILES string of the molecule is CCCCCC1=CC(=O)C=CC1=Cc1ccccc1. The topological polar surface area (TPSA) is 17.1 Å². The number of carbonyl (C=O) groups excluding carboxylic acids is 1. The van der Waals surface area contributed by atoms with Crippen LogP contribution in [0, 0.1) is 0 Å². The van der Waals surface area contributed by atoms with E-state index in [2.05, 4.69) is 25.1 Å². The largest absolute Gasteiger partial charge is 0.290 e. The molecule has 0 amide bonds. The Bertz CT molecular complexity index is 518. The molecule has 19 heavy (non-hydrogen) atoms. The first-order valence-corrected chi connectivity index (χ1v) is 6.99. The summed E-state index contributed by atoms with van der Waals surface area (Å²) in [6.07, 6.45) is 12.1. The van der Waals surface area contributed by atoms with Crippen molar-refractivity contribution < 1.29 is 4.79 Å². The first-order chi connectivity index (χ1) is 9.29. The van der Waals surface area contributed by atoms with Gasteiger partial charge in [-0.05, 0) is 47.8 Å². The first-order valence-electron chi connectivity index (χ1n) is 6.99. The molecule has 0 bridgehead atoms. The lowest BCUT2D eigenvalue weighted by Crippen LogP contribution is -2.00. The van der Waals surface area contributed by atoms with E-state index in [1.807, 2.05) is 24.3 Å². The zero-order valence-electron chi connectivity index (χ0n) is 11.4. The quantitative estimate of drug-likeness (QED) is 0.693. The third-order valence-corrected chi connectivity index (χ3v) is 3.29. The van der Waals surface area contributed by atoms with Gasteiger partial charge in [0, 0.05) is 0 Å². The molecule has 1 nitrogen and oxygen atoms in total. The van der Waals surface area contributed by atoms with Crippen LogP contribution in [-0.4, -0.2) is 5.78 Å². The van der Waals surface area contributed by atoms with Crippen LogP contribution in [0.3, 0.4) is 0 Å². The normalized spacial score (nSPS) is 16.8. The summed E-state index contributed by atoms with van der Waals surface area (Å²) in [5.41, 5.74) is 3.52. The second-order valence-corrected chi connectivity index (χ2v) is 4.87. The van der Waals surface area contributed by atoms with Crippen LogP contribution in [0.15, 0.2) is 59.7 Å². The highest BCUT2D eigenvalue weighted by molar-refractivity contribution is 6.02. The Morgan fingerprint density at radius 1 is 1.05 bits per heavy atom. The minimum Gasteiger partial charge on any atom is -0.290 e. The molecule has 0 aromatic heterocycles. The van der Waals surface area contributed by atoms with Crippen molar-refractivity contribution in [2.45, 2.75) is 32.6 Å². The number of hydrogen-bond donors (Lipinski definition) is 0. The van der Waals surface area contributed by atoms with Crippen molar-refractivity contribution in [3.05, 3.63) is 65.3 Å². The summed E-state index contributed by atoms with van der Waals surface area (Å²) in [6.45, 7) is 2.20. The molecule has 0 unspecified atom stereocenters. The van der Waals surface area contributed by atoms with E-state index in [-0.39, 0.29) is 5.78 Å². The highest BCUT2D eigenvalue weighted by Crippen LogP contribution is 2.24. The molecule has 1 aromatic carbocycles. The van der Waals surface area contributed by atoms with Gasteiger partial charge in [0.15, 0.2) is 5.78 Å². The molecular weight excluding hydrogens is 232 g/mol. The number of rotatable bonds is 5. The van der Waals surface area contributed by atoms with E-state index >= 15 is 0 Å². The van der Waals surface area contributed by atoms with Gasteiger partial charge in [-0.2, -0.15) is 0 Å². The predicted molar refractivity (Wildman–Crippen MR) is 80.8 cm³/mol. The molecule has 0 fully saturated rings. The van der Waals surface area contributed by atoms with Gasteiger partial charge < -0.3 is 0 Å². The fourth-order valence-corrected chi connectivity index (χ4v) is 2.23. The lowest BCUT2D eigenvalue weighted by Gasteiger charge is -2.12. The Hall–Kier alpha value is -1.89. The lowest BCUT2D eigenvalue weighted by atomic mass is 9.93. The second-order valence-electron chi connectivity index (χ2n) is 4.87. The van der Waals surface area contributed by atoms with E-state index in [0.717, 1.165) is 12.8 Å². The van der Waals surface area contributed by atoms with E-state index in [1.165, 1.54) is 29.6 Å². The first kappa shape index (κ1) is 13.5. The zero-order valence-corrected chi connectivity index (χ0v) is 11.4. The molecule has 98 valence electrons. The van der Waals surface area contributed by atoms with Gasteiger partial charge in [-0.3, -0.25) is 4.79 Å². The van der Waals surface area contributed by atoms with Gasteiger partial charge >= 0.3 is 0 Å². The molecule has 1 aliphatic carbocycles. The van der Waals surface area contributed by atoms with E-state index in [0.29, 0.717) is 0 Å². The predicted octanol–water partition coefficient (Wildman–Crippen LogP) is 4.72. The molecular formula is C18H20O. The maximum absolute atomic E-state index is 11.5. The van der Waals surface area contributed by atoms with Crippen molar-refractivity contribution >= 4 is 11.9 Å². The number of allylic oxidation sites excluding steroid dienone is 5. The van der Waals surface area contributed by atoms with Gasteiger partial charge in [-0.25, -0.2) is 0 Å². The number of carbonyl (C=O) groups is 1. The van der Waals surface area contributed by atoms with Crippen LogP contribution in [0.25, 0.3) is 6.08 Å². The monoisotopic (exact) mass is 252 g/mol. The average molecular weight is 252 g/mol. The molecule has 0 N–H and O–H groups in total. The highest BCUT2D eigenvalue weighted by atomic mass is 16.1.